The van der Waals surface area contributed by atoms with Crippen molar-refractivity contribution in [2.75, 3.05) is 14.2 Å². The van der Waals surface area contributed by atoms with E-state index in [2.05, 4.69) is 37.4 Å². The third kappa shape index (κ3) is 7.46. The molecule has 2 aliphatic heterocycles. The van der Waals surface area contributed by atoms with Gasteiger partial charge in [0.2, 0.25) is 11.8 Å². The summed E-state index contributed by atoms with van der Waals surface area (Å²) in [6.45, 7) is 7.56. The van der Waals surface area contributed by atoms with Crippen LogP contribution in [0.25, 0.3) is 22.0 Å². The number of carbonyl (C=O) groups is 4. The number of imidazole rings is 2. The summed E-state index contributed by atoms with van der Waals surface area (Å²) < 4.78 is 9.56. The number of hydrogen-bond donors (Lipinski definition) is 4. The van der Waals surface area contributed by atoms with Gasteiger partial charge in [-0.3, -0.25) is 9.59 Å². The third-order valence-corrected chi connectivity index (χ3v) is 12.5. The Hall–Kier alpha value is -5.26. The quantitative estimate of drug-likeness (QED) is 0.134. The molecule has 0 spiro atoms. The second-order valence-corrected chi connectivity index (χ2v) is 17.2. The summed E-state index contributed by atoms with van der Waals surface area (Å²) in [4.78, 5) is 71.5. The van der Waals surface area contributed by atoms with Crippen molar-refractivity contribution in [1.82, 2.24) is 40.4 Å². The Morgan fingerprint density at radius 3 is 1.83 bits per heavy atom. The molecule has 4 fully saturated rings. The maximum absolute atomic E-state index is 13.8. The molecule has 2 aromatic carbocycles. The van der Waals surface area contributed by atoms with E-state index >= 15 is 0 Å². The van der Waals surface area contributed by atoms with Crippen molar-refractivity contribution >= 4 is 58.0 Å². The maximum Gasteiger partial charge on any atom is 0.407 e. The number of alkyl carbamates (subject to hydrolysis) is 2. The summed E-state index contributed by atoms with van der Waals surface area (Å²) in [5, 5.41) is 7.95. The summed E-state index contributed by atoms with van der Waals surface area (Å²) in [6.07, 6.45) is 2.08. The minimum atomic E-state index is -0.732. The highest BCUT2D eigenvalue weighted by molar-refractivity contribution is 6.32. The average molecular weight is 830 g/mol. The van der Waals surface area contributed by atoms with Crippen LogP contribution in [-0.4, -0.2) is 92.1 Å². The first-order chi connectivity index (χ1) is 27.8. The number of fused-ring (bicyclic) bond motifs is 3. The second-order valence-electron chi connectivity index (χ2n) is 16.4. The summed E-state index contributed by atoms with van der Waals surface area (Å²) in [5.41, 5.74) is 2.64. The van der Waals surface area contributed by atoms with Gasteiger partial charge in [-0.2, -0.15) is 0 Å². The number of benzene rings is 2. The molecule has 304 valence electrons. The van der Waals surface area contributed by atoms with Gasteiger partial charge in [0.05, 0.1) is 26.3 Å². The van der Waals surface area contributed by atoms with E-state index in [1.807, 2.05) is 73.9 Å². The normalized spacial score (nSPS) is 23.8. The molecule has 4 aliphatic rings. The highest BCUT2D eigenvalue weighted by atomic mass is 35.5. The molecule has 16 heteroatoms. The lowest BCUT2D eigenvalue weighted by Crippen LogP contribution is -2.52. The molecular formula is C42H46Cl2N8O6. The highest BCUT2D eigenvalue weighted by Gasteiger charge is 2.57. The Morgan fingerprint density at radius 1 is 0.741 bits per heavy atom. The number of nitrogens with zero attached hydrogens (tertiary/aromatic N) is 4. The van der Waals surface area contributed by atoms with Gasteiger partial charge in [-0.05, 0) is 84.2 Å². The van der Waals surface area contributed by atoms with E-state index in [4.69, 9.17) is 37.7 Å². The van der Waals surface area contributed by atoms with Gasteiger partial charge in [-0.15, -0.1) is 0 Å². The van der Waals surface area contributed by atoms with Crippen molar-refractivity contribution < 1.29 is 28.7 Å². The third-order valence-electron chi connectivity index (χ3n) is 11.9. The summed E-state index contributed by atoms with van der Waals surface area (Å²) in [7, 11) is 2.56. The minimum absolute atomic E-state index is 0.0977. The van der Waals surface area contributed by atoms with E-state index in [0.717, 1.165) is 47.6 Å². The largest absolute Gasteiger partial charge is 0.453 e. The number of H-pyrrole nitrogens is 2. The lowest BCUT2D eigenvalue weighted by atomic mass is 10.0. The van der Waals surface area contributed by atoms with Crippen LogP contribution in [0.2, 0.25) is 10.3 Å². The van der Waals surface area contributed by atoms with Gasteiger partial charge >= 0.3 is 12.2 Å². The van der Waals surface area contributed by atoms with Crippen LogP contribution in [0.3, 0.4) is 0 Å². The lowest BCUT2D eigenvalue weighted by Gasteiger charge is -2.31. The topological polar surface area (TPSA) is 175 Å². The van der Waals surface area contributed by atoms with Gasteiger partial charge in [0.25, 0.3) is 0 Å². The molecule has 2 saturated carbocycles. The smallest absolute Gasteiger partial charge is 0.407 e. The molecule has 14 nitrogen and oxygen atoms in total. The standard InChI is InChI=1S/C42H46Cl2N8O6/c1-19(2)32(47-41(55)57-5)39(53)51-28-15-25(28)17-30(51)37-45-27(35(43)49-37)12-8-21-7-9-23-14-24(11-10-22(23)13-21)34-36(44)50-38(46-34)31-18-26-16-29(26)52(31)40(54)33(20(3)4)48-42(56)58-6/h7,9-11,13-14,19-20,25-26,28-33H,15-18H2,1-6H3,(H,45,49)(H,46,50)(H,47,55)(H,48,56)/t25-,26-,28-,29-,30+,31+,32+,33-/m1/s1. The highest BCUT2D eigenvalue weighted by Crippen LogP contribution is 2.55. The van der Waals surface area contributed by atoms with Crippen LogP contribution in [-0.2, 0) is 19.1 Å². The Balaban J connectivity index is 0.983. The zero-order chi connectivity index (χ0) is 41.2. The molecule has 0 bridgehead atoms. The van der Waals surface area contributed by atoms with E-state index in [0.29, 0.717) is 40.0 Å². The Kier molecular flexibility index (Phi) is 10.6. The fourth-order valence-corrected chi connectivity index (χ4v) is 9.12. The number of halogens is 2. The minimum Gasteiger partial charge on any atom is -0.453 e. The first kappa shape index (κ1) is 39.6. The first-order valence-electron chi connectivity index (χ1n) is 19.7. The summed E-state index contributed by atoms with van der Waals surface area (Å²) in [6, 6.07) is 10.0. The number of methoxy groups -OCH3 is 2. The van der Waals surface area contributed by atoms with E-state index < -0.39 is 24.3 Å². The predicted octanol–water partition coefficient (Wildman–Crippen LogP) is 6.74. The fraction of sp³-hybridized carbons (Fsp3) is 0.476. The number of aromatic nitrogens is 4. The van der Waals surface area contributed by atoms with Crippen LogP contribution in [0.15, 0.2) is 36.4 Å². The van der Waals surface area contributed by atoms with Crippen LogP contribution >= 0.6 is 23.2 Å². The molecule has 8 rings (SSSR count). The van der Waals surface area contributed by atoms with E-state index in [9.17, 15) is 19.2 Å². The summed E-state index contributed by atoms with van der Waals surface area (Å²) >= 11 is 13.4. The van der Waals surface area contributed by atoms with Crippen molar-refractivity contribution in [3.63, 3.8) is 0 Å². The van der Waals surface area contributed by atoms with Crippen LogP contribution in [0.1, 0.15) is 88.4 Å². The fourth-order valence-electron chi connectivity index (χ4n) is 8.69. The lowest BCUT2D eigenvalue weighted by molar-refractivity contribution is -0.137. The SMILES string of the molecule is COC(=O)N[C@H](C(=O)N1[C@@H]2C[C@@H]2C[C@H]1c1nc(Cl)c(C#Cc2ccc3cc(-c4nc([C@@H]5C[C@H]6C[C@H]6N5C(=O)[C@H](NC(=O)OC)C(C)C)[nH]c4Cl)ccc3c2)[nH]1)C(C)C. The zero-order valence-electron chi connectivity index (χ0n) is 33.1. The van der Waals surface area contributed by atoms with E-state index in [-0.39, 0.29) is 53.0 Å². The monoisotopic (exact) mass is 828 g/mol. The average Bonchev–Trinajstić information content (AvgIpc) is 3.92. The number of nitrogens with one attached hydrogen (secondary N) is 4. The maximum atomic E-state index is 13.8. The van der Waals surface area contributed by atoms with Crippen molar-refractivity contribution in [1.29, 1.82) is 0 Å². The van der Waals surface area contributed by atoms with Crippen molar-refractivity contribution in [2.45, 2.75) is 89.6 Å². The van der Waals surface area contributed by atoms with E-state index in [1.165, 1.54) is 14.2 Å². The molecule has 8 atom stereocenters. The number of carbonyl (C=O) groups excluding carboxylic acids is 4. The molecule has 2 saturated heterocycles. The van der Waals surface area contributed by atoms with Gasteiger partial charge < -0.3 is 39.9 Å². The molecular weight excluding hydrogens is 783 g/mol. The van der Waals surface area contributed by atoms with E-state index in [1.54, 1.807) is 0 Å². The Labute approximate surface area is 346 Å². The zero-order valence-corrected chi connectivity index (χ0v) is 34.6. The van der Waals surface area contributed by atoms with Gasteiger partial charge in [0.1, 0.15) is 40.3 Å². The van der Waals surface area contributed by atoms with Gasteiger partial charge in [0, 0.05) is 23.2 Å². The number of piperidine rings is 2. The van der Waals surface area contributed by atoms with Gasteiger partial charge in [0.15, 0.2) is 5.15 Å². The Morgan fingerprint density at radius 2 is 1.28 bits per heavy atom. The van der Waals surface area contributed by atoms with Crippen molar-refractivity contribution in [2.24, 2.45) is 23.7 Å². The van der Waals surface area contributed by atoms with Crippen LogP contribution in [0.5, 0.6) is 0 Å². The molecule has 0 unspecified atom stereocenters. The number of hydrogen-bond acceptors (Lipinski definition) is 8. The molecule has 0 radical (unpaired) electrons. The number of likely N-dealkylation sites (tertiary alicyclic amines) is 2. The molecule has 4 heterocycles. The van der Waals surface area contributed by atoms with Crippen molar-refractivity contribution in [3.05, 3.63) is 69.6 Å². The number of aromatic amines is 2. The van der Waals surface area contributed by atoms with Gasteiger partial charge in [-0.25, -0.2) is 19.6 Å². The first-order valence-corrected chi connectivity index (χ1v) is 20.4. The molecule has 4 aromatic rings. The second kappa shape index (κ2) is 15.5. The molecule has 2 aromatic heterocycles. The van der Waals surface area contributed by atoms with Crippen LogP contribution in [0.4, 0.5) is 9.59 Å². The van der Waals surface area contributed by atoms with Crippen LogP contribution in [0, 0.1) is 35.5 Å². The predicted molar refractivity (Wildman–Crippen MR) is 217 cm³/mol. The number of rotatable bonds is 9. The molecule has 4 N–H and O–H groups in total. The van der Waals surface area contributed by atoms with Crippen molar-refractivity contribution in [3.8, 4) is 23.1 Å². The number of ether oxygens (including phenoxy) is 2. The molecule has 2 aliphatic carbocycles. The molecule has 4 amide bonds. The molecule has 58 heavy (non-hydrogen) atoms. The van der Waals surface area contributed by atoms with Gasteiger partial charge in [-0.1, -0.05) is 75.0 Å². The summed E-state index contributed by atoms with van der Waals surface area (Å²) in [5.74, 6) is 7.68. The number of amides is 4. The Bertz CT molecular complexity index is 2360. The van der Waals surface area contributed by atoms with Crippen LogP contribution < -0.4 is 10.6 Å².